The molecule has 2 N–H and O–H groups in total. The minimum absolute atomic E-state index is 0.0151. The van der Waals surface area contributed by atoms with Crippen LogP contribution < -0.4 is 10.2 Å². The summed E-state index contributed by atoms with van der Waals surface area (Å²) in [5, 5.41) is 13.7. The van der Waals surface area contributed by atoms with E-state index in [2.05, 4.69) is 19.2 Å². The molecule has 0 aromatic rings. The molecule has 0 heterocycles. The average Bonchev–Trinajstić information content (AvgIpc) is 2.92. The van der Waals surface area contributed by atoms with E-state index in [9.17, 15) is 19.4 Å². The Morgan fingerprint density at radius 1 is 0.738 bits per heavy atom. The van der Waals surface area contributed by atoms with Crippen LogP contribution in [-0.4, -0.2) is 68.5 Å². The maximum absolute atomic E-state index is 12.7. The normalized spacial score (nSPS) is 14.9. The Labute approximate surface area is 259 Å². The zero-order valence-corrected chi connectivity index (χ0v) is 29.1. The van der Waals surface area contributed by atoms with Crippen molar-refractivity contribution in [2.75, 3.05) is 40.9 Å². The molecule has 0 aliphatic rings. The summed E-state index contributed by atoms with van der Waals surface area (Å²) in [6.45, 7) is 4.66. The van der Waals surface area contributed by atoms with Crippen LogP contribution in [-0.2, 0) is 18.4 Å². The highest BCUT2D eigenvalue weighted by molar-refractivity contribution is 7.45. The molecule has 0 bridgehead atoms. The van der Waals surface area contributed by atoms with Gasteiger partial charge < -0.3 is 28.8 Å². The number of phosphoric ester groups is 1. The number of amides is 1. The average molecular weight is 621 g/mol. The van der Waals surface area contributed by atoms with Crippen molar-refractivity contribution in [2.24, 2.45) is 0 Å². The summed E-state index contributed by atoms with van der Waals surface area (Å²) in [6.07, 6.45) is 23.9. The maximum Gasteiger partial charge on any atom is 0.268 e. The molecule has 1 unspecified atom stereocenters. The van der Waals surface area contributed by atoms with E-state index >= 15 is 0 Å². The molecule has 3 atom stereocenters. The van der Waals surface area contributed by atoms with Crippen molar-refractivity contribution < 1.29 is 32.9 Å². The standard InChI is InChI=1S/C33H69N2O6P/c1-6-8-10-12-14-16-18-20-22-24-26-32(36)31(30-41-42(38,39)40-29-28-35(3,4)5)34-33(37)27-25-23-21-19-17-15-13-11-9-7-2/h31-32,36H,6-30H2,1-5H3,(H-,34,37,38,39)/t31-,32+/m0/s1. The second kappa shape index (κ2) is 26.9. The van der Waals surface area contributed by atoms with Crippen LogP contribution in [0.15, 0.2) is 0 Å². The number of nitrogens with zero attached hydrogens (tertiary/aromatic N) is 1. The number of aliphatic hydroxyl groups excluding tert-OH is 1. The number of quaternary nitrogens is 1. The molecule has 0 fully saturated rings. The lowest BCUT2D eigenvalue weighted by Crippen LogP contribution is -2.46. The van der Waals surface area contributed by atoms with Gasteiger partial charge in [-0.1, -0.05) is 136 Å². The summed E-state index contributed by atoms with van der Waals surface area (Å²) in [5.74, 6) is -0.169. The Bertz CT molecular complexity index is 673. The van der Waals surface area contributed by atoms with Crippen LogP contribution in [0.2, 0.25) is 0 Å². The number of likely N-dealkylation sites (N-methyl/N-ethyl adjacent to an activating group) is 1. The minimum Gasteiger partial charge on any atom is -0.756 e. The molecule has 9 heteroatoms. The minimum atomic E-state index is -4.54. The third-order valence-electron chi connectivity index (χ3n) is 7.85. The van der Waals surface area contributed by atoms with Gasteiger partial charge in [-0.25, -0.2) is 0 Å². The molecule has 0 aromatic heterocycles. The van der Waals surface area contributed by atoms with Gasteiger partial charge in [0, 0.05) is 6.42 Å². The lowest BCUT2D eigenvalue weighted by molar-refractivity contribution is -0.870. The van der Waals surface area contributed by atoms with E-state index in [1.165, 1.54) is 89.9 Å². The van der Waals surface area contributed by atoms with Crippen molar-refractivity contribution in [1.82, 2.24) is 5.32 Å². The highest BCUT2D eigenvalue weighted by atomic mass is 31.2. The lowest BCUT2D eigenvalue weighted by atomic mass is 10.0. The van der Waals surface area contributed by atoms with Gasteiger partial charge in [0.2, 0.25) is 5.91 Å². The summed E-state index contributed by atoms with van der Waals surface area (Å²) in [7, 11) is 1.31. The molecule has 42 heavy (non-hydrogen) atoms. The van der Waals surface area contributed by atoms with Crippen LogP contribution >= 0.6 is 7.82 Å². The number of carbonyl (C=O) groups is 1. The maximum atomic E-state index is 12.7. The van der Waals surface area contributed by atoms with Gasteiger partial charge in [0.05, 0.1) is 39.9 Å². The first-order valence-corrected chi connectivity index (χ1v) is 18.8. The van der Waals surface area contributed by atoms with E-state index < -0.39 is 20.0 Å². The number of phosphoric acid groups is 1. The molecule has 0 aromatic carbocycles. The smallest absolute Gasteiger partial charge is 0.268 e. The highest BCUT2D eigenvalue weighted by Crippen LogP contribution is 2.38. The number of nitrogens with one attached hydrogen (secondary N) is 1. The van der Waals surface area contributed by atoms with Gasteiger partial charge in [-0.15, -0.1) is 0 Å². The van der Waals surface area contributed by atoms with Crippen molar-refractivity contribution in [2.45, 2.75) is 167 Å². The number of aliphatic hydroxyl groups is 1. The summed E-state index contributed by atoms with van der Waals surface area (Å²) in [6, 6.07) is -0.788. The fourth-order valence-electron chi connectivity index (χ4n) is 4.98. The van der Waals surface area contributed by atoms with E-state index in [4.69, 9.17) is 9.05 Å². The Hall–Kier alpha value is -0.500. The van der Waals surface area contributed by atoms with Crippen molar-refractivity contribution in [3.8, 4) is 0 Å². The van der Waals surface area contributed by atoms with Gasteiger partial charge in [-0.05, 0) is 12.8 Å². The van der Waals surface area contributed by atoms with Crippen LogP contribution in [0.1, 0.15) is 155 Å². The topological polar surface area (TPSA) is 108 Å². The summed E-state index contributed by atoms with van der Waals surface area (Å²) < 4.78 is 23.0. The van der Waals surface area contributed by atoms with Crippen LogP contribution in [0.5, 0.6) is 0 Å². The molecule has 0 rings (SSSR count). The first-order chi connectivity index (χ1) is 20.0. The van der Waals surface area contributed by atoms with Crippen molar-refractivity contribution in [1.29, 1.82) is 0 Å². The van der Waals surface area contributed by atoms with Gasteiger partial charge in [0.15, 0.2) is 0 Å². The molecule has 0 saturated carbocycles. The molecule has 8 nitrogen and oxygen atoms in total. The van der Waals surface area contributed by atoms with Crippen LogP contribution in [0.3, 0.4) is 0 Å². The number of hydrogen-bond acceptors (Lipinski definition) is 6. The van der Waals surface area contributed by atoms with E-state index in [0.717, 1.165) is 38.5 Å². The Morgan fingerprint density at radius 2 is 1.17 bits per heavy atom. The van der Waals surface area contributed by atoms with Gasteiger partial charge in [0.25, 0.3) is 7.82 Å². The Balaban J connectivity index is 4.53. The number of hydrogen-bond donors (Lipinski definition) is 2. The molecular formula is C33H69N2O6P. The van der Waals surface area contributed by atoms with E-state index in [-0.39, 0.29) is 19.1 Å². The van der Waals surface area contributed by atoms with Gasteiger partial charge >= 0.3 is 0 Å². The molecule has 0 aliphatic carbocycles. The number of rotatable bonds is 31. The van der Waals surface area contributed by atoms with Crippen molar-refractivity contribution in [3.63, 3.8) is 0 Å². The molecule has 0 spiro atoms. The zero-order chi connectivity index (χ0) is 31.5. The highest BCUT2D eigenvalue weighted by Gasteiger charge is 2.24. The van der Waals surface area contributed by atoms with Crippen molar-refractivity contribution >= 4 is 13.7 Å². The number of carbonyl (C=O) groups excluding carboxylic acids is 1. The predicted octanol–water partition coefficient (Wildman–Crippen LogP) is 7.66. The molecule has 0 saturated heterocycles. The molecule has 1 amide bonds. The summed E-state index contributed by atoms with van der Waals surface area (Å²) in [5.41, 5.74) is 0. The first-order valence-electron chi connectivity index (χ1n) is 17.4. The second-order valence-corrected chi connectivity index (χ2v) is 14.6. The fraction of sp³-hybridized carbons (Fsp3) is 0.970. The molecule has 0 aliphatic heterocycles. The Morgan fingerprint density at radius 3 is 1.62 bits per heavy atom. The largest absolute Gasteiger partial charge is 0.756 e. The third kappa shape index (κ3) is 28.3. The monoisotopic (exact) mass is 620 g/mol. The molecular weight excluding hydrogens is 551 g/mol. The molecule has 0 radical (unpaired) electrons. The quantitative estimate of drug-likeness (QED) is 0.0468. The van der Waals surface area contributed by atoms with Crippen LogP contribution in [0.25, 0.3) is 0 Å². The summed E-state index contributed by atoms with van der Waals surface area (Å²) in [4.78, 5) is 25.0. The van der Waals surface area contributed by atoms with Gasteiger partial charge in [-0.2, -0.15) is 0 Å². The predicted molar refractivity (Wildman–Crippen MR) is 173 cm³/mol. The Kier molecular flexibility index (Phi) is 26.5. The van der Waals surface area contributed by atoms with Gasteiger partial charge in [-0.3, -0.25) is 9.36 Å². The third-order valence-corrected chi connectivity index (χ3v) is 8.81. The van der Waals surface area contributed by atoms with E-state index in [1.807, 2.05) is 21.1 Å². The van der Waals surface area contributed by atoms with Crippen molar-refractivity contribution in [3.05, 3.63) is 0 Å². The van der Waals surface area contributed by atoms with E-state index in [1.54, 1.807) is 0 Å². The van der Waals surface area contributed by atoms with Crippen LogP contribution in [0, 0.1) is 0 Å². The van der Waals surface area contributed by atoms with Crippen LogP contribution in [0.4, 0.5) is 0 Å². The number of unbranched alkanes of at least 4 members (excludes halogenated alkanes) is 18. The van der Waals surface area contributed by atoms with E-state index in [0.29, 0.717) is 23.9 Å². The van der Waals surface area contributed by atoms with Gasteiger partial charge in [0.1, 0.15) is 13.2 Å². The second-order valence-electron chi connectivity index (χ2n) is 13.2. The fourth-order valence-corrected chi connectivity index (χ4v) is 5.70. The molecule has 252 valence electrons. The summed E-state index contributed by atoms with van der Waals surface area (Å²) >= 11 is 0. The first kappa shape index (κ1) is 41.5. The lowest BCUT2D eigenvalue weighted by Gasteiger charge is -2.30. The zero-order valence-electron chi connectivity index (χ0n) is 28.2. The SMILES string of the molecule is CCCCCCCCCCCCC(=O)N[C@@H](COP(=O)([O-])OCC[N+](C)(C)C)[C@H](O)CCCCCCCCCCCC.